The molecule has 0 heterocycles. The van der Waals surface area contributed by atoms with Crippen molar-refractivity contribution in [1.82, 2.24) is 0 Å². The molecule has 326 valence electrons. The molecule has 0 radical (unpaired) electrons. The summed E-state index contributed by atoms with van der Waals surface area (Å²) in [6, 6.07) is 0. The number of phosphoric ester groups is 1. The maximum absolute atomic E-state index is 12.6. The van der Waals surface area contributed by atoms with E-state index in [0.29, 0.717) is 19.3 Å². The Morgan fingerprint density at radius 1 is 0.544 bits per heavy atom. The number of hydrogen-bond acceptors (Lipinski definition) is 8. The molecule has 0 saturated heterocycles. The van der Waals surface area contributed by atoms with Crippen molar-refractivity contribution in [3.63, 3.8) is 0 Å². The number of carbonyl (C=O) groups excluding carboxylic acids is 2. The molecule has 0 bridgehead atoms. The molecule has 0 aromatic heterocycles. The van der Waals surface area contributed by atoms with Crippen molar-refractivity contribution in [2.24, 2.45) is 5.73 Å². The van der Waals surface area contributed by atoms with Crippen LogP contribution in [0, 0.1) is 0 Å². The number of carbonyl (C=O) groups is 2. The van der Waals surface area contributed by atoms with Gasteiger partial charge in [-0.3, -0.25) is 18.6 Å². The number of rotatable bonds is 40. The molecule has 2 unspecified atom stereocenters. The first-order valence-electron chi connectivity index (χ1n) is 22.1. The van der Waals surface area contributed by atoms with Gasteiger partial charge in [0.2, 0.25) is 0 Å². The van der Waals surface area contributed by atoms with Gasteiger partial charge in [-0.25, -0.2) is 4.57 Å². The first-order chi connectivity index (χ1) is 27.8. The van der Waals surface area contributed by atoms with E-state index in [1.807, 2.05) is 6.08 Å². The van der Waals surface area contributed by atoms with Crippen LogP contribution in [-0.2, 0) is 32.7 Å². The third kappa shape index (κ3) is 42.6. The molecule has 0 aromatic rings. The SMILES string of the molecule is CCC=CCC=CCC=CCC=CCC=CCCCC(=O)OC(COC(=O)CCCCCCCCCCCC=CCC=CCCCCC)COP(=O)(O)OCCN. The average Bonchev–Trinajstić information content (AvgIpc) is 3.20. The first kappa shape index (κ1) is 54.2. The monoisotopic (exact) mass is 818 g/mol. The zero-order valence-corrected chi connectivity index (χ0v) is 36.7. The van der Waals surface area contributed by atoms with Crippen LogP contribution in [0.3, 0.4) is 0 Å². The van der Waals surface area contributed by atoms with Gasteiger partial charge in [0.05, 0.1) is 13.2 Å². The van der Waals surface area contributed by atoms with Crippen LogP contribution in [0.1, 0.15) is 168 Å². The Hall–Kier alpha value is -2.81. The van der Waals surface area contributed by atoms with E-state index in [4.69, 9.17) is 24.3 Å². The minimum Gasteiger partial charge on any atom is -0.462 e. The highest BCUT2D eigenvalue weighted by molar-refractivity contribution is 7.47. The second-order valence-corrected chi connectivity index (χ2v) is 15.6. The standard InChI is InChI=1S/C47H80NO8P/c1-3-5-7-9-11-13-15-17-19-21-22-24-25-27-29-31-33-35-37-39-46(49)53-43-45(44-55-57(51,52)54-42-41-48)56-47(50)40-38-36-34-32-30-28-26-23-20-18-16-14-12-10-8-6-4-2/h6,8,11-14,17-20,26,28,32,34,45H,3-5,7,9-10,15-16,21-25,27,29-31,33,35-44,48H2,1-2H3,(H,51,52). The Kier molecular flexibility index (Phi) is 40.7. The smallest absolute Gasteiger partial charge is 0.462 e. The third-order valence-electron chi connectivity index (χ3n) is 8.77. The predicted molar refractivity (Wildman–Crippen MR) is 238 cm³/mol. The summed E-state index contributed by atoms with van der Waals surface area (Å²) in [7, 11) is -4.40. The van der Waals surface area contributed by atoms with Crippen molar-refractivity contribution in [3.05, 3.63) is 85.1 Å². The number of phosphoric acid groups is 1. The molecular weight excluding hydrogens is 737 g/mol. The summed E-state index contributed by atoms with van der Waals surface area (Å²) in [6.45, 7) is 3.51. The summed E-state index contributed by atoms with van der Waals surface area (Å²) in [5, 5.41) is 0. The second kappa shape index (κ2) is 42.8. The lowest BCUT2D eigenvalue weighted by Crippen LogP contribution is -2.29. The molecule has 0 aliphatic heterocycles. The van der Waals surface area contributed by atoms with Gasteiger partial charge in [0, 0.05) is 19.4 Å². The molecule has 0 spiro atoms. The van der Waals surface area contributed by atoms with Crippen molar-refractivity contribution >= 4 is 19.8 Å². The summed E-state index contributed by atoms with van der Waals surface area (Å²) >= 11 is 0. The van der Waals surface area contributed by atoms with Crippen molar-refractivity contribution < 1.29 is 37.6 Å². The molecule has 0 fully saturated rings. The summed E-state index contributed by atoms with van der Waals surface area (Å²) < 4.78 is 32.7. The molecule has 57 heavy (non-hydrogen) atoms. The van der Waals surface area contributed by atoms with E-state index in [9.17, 15) is 19.0 Å². The van der Waals surface area contributed by atoms with Crippen LogP contribution in [-0.4, -0.2) is 49.3 Å². The highest BCUT2D eigenvalue weighted by atomic mass is 31.2. The van der Waals surface area contributed by atoms with E-state index in [1.165, 1.54) is 57.8 Å². The number of nitrogens with two attached hydrogens (primary N) is 1. The molecule has 0 aliphatic carbocycles. The highest BCUT2D eigenvalue weighted by Crippen LogP contribution is 2.43. The van der Waals surface area contributed by atoms with E-state index in [0.717, 1.165) is 64.2 Å². The van der Waals surface area contributed by atoms with Gasteiger partial charge in [0.15, 0.2) is 6.10 Å². The minimum atomic E-state index is -4.40. The lowest BCUT2D eigenvalue weighted by molar-refractivity contribution is -0.161. The molecule has 2 atom stereocenters. The summed E-state index contributed by atoms with van der Waals surface area (Å²) in [5.74, 6) is -0.908. The third-order valence-corrected chi connectivity index (χ3v) is 9.75. The van der Waals surface area contributed by atoms with Gasteiger partial charge < -0.3 is 20.1 Å². The number of allylic oxidation sites excluding steroid dienone is 14. The lowest BCUT2D eigenvalue weighted by atomic mass is 10.1. The van der Waals surface area contributed by atoms with Crippen molar-refractivity contribution in [2.45, 2.75) is 174 Å². The summed E-state index contributed by atoms with van der Waals surface area (Å²) in [4.78, 5) is 34.9. The van der Waals surface area contributed by atoms with Crippen LogP contribution >= 0.6 is 7.82 Å². The summed E-state index contributed by atoms with van der Waals surface area (Å²) in [5.41, 5.74) is 5.34. The van der Waals surface area contributed by atoms with Crippen LogP contribution in [0.25, 0.3) is 0 Å². The van der Waals surface area contributed by atoms with E-state index in [-0.39, 0.29) is 32.6 Å². The molecular formula is C47H80NO8P. The van der Waals surface area contributed by atoms with Gasteiger partial charge in [0.25, 0.3) is 0 Å². The van der Waals surface area contributed by atoms with Crippen LogP contribution in [0.15, 0.2) is 85.1 Å². The second-order valence-electron chi connectivity index (χ2n) is 14.2. The minimum absolute atomic E-state index is 0.0394. The largest absolute Gasteiger partial charge is 0.472 e. The van der Waals surface area contributed by atoms with Crippen LogP contribution < -0.4 is 5.73 Å². The Bertz CT molecular complexity index is 1210. The van der Waals surface area contributed by atoms with Gasteiger partial charge in [-0.2, -0.15) is 0 Å². The van der Waals surface area contributed by atoms with E-state index in [2.05, 4.69) is 92.8 Å². The van der Waals surface area contributed by atoms with Crippen LogP contribution in [0.5, 0.6) is 0 Å². The molecule has 0 saturated carbocycles. The van der Waals surface area contributed by atoms with Crippen molar-refractivity contribution in [1.29, 1.82) is 0 Å². The first-order valence-corrected chi connectivity index (χ1v) is 23.6. The van der Waals surface area contributed by atoms with Gasteiger partial charge in [-0.15, -0.1) is 0 Å². The topological polar surface area (TPSA) is 134 Å². The molecule has 10 heteroatoms. The molecule has 0 rings (SSSR count). The van der Waals surface area contributed by atoms with Gasteiger partial charge in [-0.05, 0) is 83.5 Å². The van der Waals surface area contributed by atoms with E-state index < -0.39 is 32.5 Å². The highest BCUT2D eigenvalue weighted by Gasteiger charge is 2.25. The molecule has 0 amide bonds. The average molecular weight is 818 g/mol. The van der Waals surface area contributed by atoms with Gasteiger partial charge in [-0.1, -0.05) is 157 Å². The van der Waals surface area contributed by atoms with E-state index in [1.54, 1.807) is 0 Å². The maximum atomic E-state index is 12.6. The molecule has 0 aliphatic rings. The fraction of sp³-hybridized carbons (Fsp3) is 0.660. The Balaban J connectivity index is 4.24. The maximum Gasteiger partial charge on any atom is 0.472 e. The Labute approximate surface area is 347 Å². The van der Waals surface area contributed by atoms with Gasteiger partial charge >= 0.3 is 19.8 Å². The summed E-state index contributed by atoms with van der Waals surface area (Å²) in [6.07, 6.45) is 53.3. The number of hydrogen-bond donors (Lipinski definition) is 2. The Morgan fingerprint density at radius 3 is 1.49 bits per heavy atom. The lowest BCUT2D eigenvalue weighted by Gasteiger charge is -2.19. The number of esters is 2. The van der Waals surface area contributed by atoms with Crippen LogP contribution in [0.4, 0.5) is 0 Å². The quantitative estimate of drug-likeness (QED) is 0.0268. The number of unbranched alkanes of at least 4 members (excludes halogenated alkanes) is 13. The normalized spacial score (nSPS) is 14.1. The van der Waals surface area contributed by atoms with Gasteiger partial charge in [0.1, 0.15) is 6.61 Å². The molecule has 9 nitrogen and oxygen atoms in total. The van der Waals surface area contributed by atoms with E-state index >= 15 is 0 Å². The zero-order chi connectivity index (χ0) is 41.8. The van der Waals surface area contributed by atoms with Crippen molar-refractivity contribution in [3.8, 4) is 0 Å². The predicted octanol–water partition coefficient (Wildman–Crippen LogP) is 12.8. The van der Waals surface area contributed by atoms with Crippen LogP contribution in [0.2, 0.25) is 0 Å². The molecule has 0 aromatic carbocycles. The molecule has 3 N–H and O–H groups in total. The fourth-order valence-electron chi connectivity index (χ4n) is 5.52. The number of ether oxygens (including phenoxy) is 2. The van der Waals surface area contributed by atoms with Crippen molar-refractivity contribution in [2.75, 3.05) is 26.4 Å². The fourth-order valence-corrected chi connectivity index (χ4v) is 6.29. The zero-order valence-electron chi connectivity index (χ0n) is 35.8. The Morgan fingerprint density at radius 2 is 0.982 bits per heavy atom.